The molecule has 1 aliphatic rings. The van der Waals surface area contributed by atoms with Crippen molar-refractivity contribution in [1.82, 2.24) is 4.90 Å². The fourth-order valence-electron chi connectivity index (χ4n) is 1.94. The Morgan fingerprint density at radius 2 is 1.91 bits per heavy atom. The second-order valence-electron chi connectivity index (χ2n) is 4.78. The number of ether oxygens (including phenoxy) is 3. The Morgan fingerprint density at radius 1 is 1.27 bits per heavy atom. The van der Waals surface area contributed by atoms with Gasteiger partial charge in [0.05, 0.1) is 31.9 Å². The quantitative estimate of drug-likeness (QED) is 0.838. The van der Waals surface area contributed by atoms with Gasteiger partial charge in [-0.15, -0.1) is 0 Å². The number of nitrogens with one attached hydrogen (secondary N) is 1. The highest BCUT2D eigenvalue weighted by Crippen LogP contribution is 2.12. The molecule has 0 spiro atoms. The van der Waals surface area contributed by atoms with Crippen molar-refractivity contribution in [1.29, 1.82) is 0 Å². The van der Waals surface area contributed by atoms with Gasteiger partial charge in [-0.1, -0.05) is 0 Å². The minimum Gasteiger partial charge on any atom is -0.462 e. The average Bonchev–Trinajstić information content (AvgIpc) is 3.01. The van der Waals surface area contributed by atoms with Crippen molar-refractivity contribution in [2.24, 2.45) is 0 Å². The number of hydrogen-bond donors (Lipinski definition) is 1. The summed E-state index contributed by atoms with van der Waals surface area (Å²) in [7, 11) is 1.66. The highest BCUT2D eigenvalue weighted by atomic mass is 16.7. The Kier molecular flexibility index (Phi) is 5.74. The standard InChI is InChI=1S/C15H20N2O5/c1-3-20-14(18)11-4-6-12(7-5-11)16-15(19)17(2)10-13-21-8-9-22-13/h4-7,13H,3,8-10H2,1-2H3,(H,16,19). The number of likely N-dealkylation sites (N-methyl/N-ethyl adjacent to an activating group) is 1. The Balaban J connectivity index is 1.86. The first kappa shape index (κ1) is 16.3. The zero-order chi connectivity index (χ0) is 15.9. The predicted molar refractivity (Wildman–Crippen MR) is 79.7 cm³/mol. The first-order chi connectivity index (χ1) is 10.6. The number of nitrogens with zero attached hydrogens (tertiary/aromatic N) is 1. The van der Waals surface area contributed by atoms with E-state index in [0.717, 1.165) is 0 Å². The average molecular weight is 308 g/mol. The van der Waals surface area contributed by atoms with E-state index in [1.165, 1.54) is 4.90 Å². The lowest BCUT2D eigenvalue weighted by molar-refractivity contribution is -0.0518. The molecular formula is C15H20N2O5. The number of esters is 1. The number of hydrogen-bond acceptors (Lipinski definition) is 5. The minimum atomic E-state index is -0.381. The molecule has 1 aromatic carbocycles. The predicted octanol–water partition coefficient (Wildman–Crippen LogP) is 1.70. The number of amides is 2. The van der Waals surface area contributed by atoms with E-state index < -0.39 is 0 Å². The van der Waals surface area contributed by atoms with E-state index in [2.05, 4.69) is 5.32 Å². The van der Waals surface area contributed by atoms with Crippen LogP contribution >= 0.6 is 0 Å². The van der Waals surface area contributed by atoms with Crippen molar-refractivity contribution in [3.8, 4) is 0 Å². The molecule has 0 aliphatic carbocycles. The van der Waals surface area contributed by atoms with Crippen LogP contribution in [0.25, 0.3) is 0 Å². The summed E-state index contributed by atoms with van der Waals surface area (Å²) >= 11 is 0. The fourth-order valence-corrected chi connectivity index (χ4v) is 1.94. The molecule has 1 aliphatic heterocycles. The van der Waals surface area contributed by atoms with Crippen LogP contribution in [0.15, 0.2) is 24.3 Å². The lowest BCUT2D eigenvalue weighted by Gasteiger charge is -2.20. The molecule has 1 heterocycles. The molecule has 1 saturated heterocycles. The normalized spacial score (nSPS) is 14.6. The van der Waals surface area contributed by atoms with Crippen LogP contribution in [-0.2, 0) is 14.2 Å². The van der Waals surface area contributed by atoms with E-state index in [0.29, 0.717) is 37.6 Å². The molecule has 2 rings (SSSR count). The third-order valence-corrected chi connectivity index (χ3v) is 3.11. The van der Waals surface area contributed by atoms with E-state index in [4.69, 9.17) is 14.2 Å². The monoisotopic (exact) mass is 308 g/mol. The van der Waals surface area contributed by atoms with Crippen LogP contribution in [0.5, 0.6) is 0 Å². The Bertz CT molecular complexity index is 511. The van der Waals surface area contributed by atoms with Gasteiger partial charge >= 0.3 is 12.0 Å². The molecule has 2 amide bonds. The minimum absolute atomic E-state index is 0.275. The third-order valence-electron chi connectivity index (χ3n) is 3.11. The topological polar surface area (TPSA) is 77.1 Å². The van der Waals surface area contributed by atoms with Crippen LogP contribution in [0.2, 0.25) is 0 Å². The van der Waals surface area contributed by atoms with Crippen LogP contribution in [0.3, 0.4) is 0 Å². The van der Waals surface area contributed by atoms with E-state index in [1.54, 1.807) is 38.2 Å². The van der Waals surface area contributed by atoms with Gasteiger partial charge in [0, 0.05) is 12.7 Å². The summed E-state index contributed by atoms with van der Waals surface area (Å²) in [6, 6.07) is 6.25. The summed E-state index contributed by atoms with van der Waals surface area (Å²) in [6.45, 7) is 3.53. The number of anilines is 1. The molecule has 0 unspecified atom stereocenters. The smallest absolute Gasteiger partial charge is 0.338 e. The highest BCUT2D eigenvalue weighted by molar-refractivity contribution is 5.92. The Labute approximate surface area is 129 Å². The molecular weight excluding hydrogens is 288 g/mol. The van der Waals surface area contributed by atoms with Crippen LogP contribution in [-0.4, -0.2) is 56.6 Å². The third kappa shape index (κ3) is 4.44. The van der Waals surface area contributed by atoms with Gasteiger partial charge in [-0.25, -0.2) is 9.59 Å². The maximum Gasteiger partial charge on any atom is 0.338 e. The van der Waals surface area contributed by atoms with Gasteiger partial charge in [0.15, 0.2) is 6.29 Å². The zero-order valence-electron chi connectivity index (χ0n) is 12.7. The van der Waals surface area contributed by atoms with Gasteiger partial charge in [0.1, 0.15) is 0 Å². The molecule has 1 fully saturated rings. The molecule has 0 atom stereocenters. The Morgan fingerprint density at radius 3 is 2.50 bits per heavy atom. The van der Waals surface area contributed by atoms with Crippen molar-refractivity contribution in [2.45, 2.75) is 13.2 Å². The van der Waals surface area contributed by atoms with E-state index in [1.807, 2.05) is 0 Å². The first-order valence-corrected chi connectivity index (χ1v) is 7.12. The molecule has 0 aromatic heterocycles. The van der Waals surface area contributed by atoms with Crippen molar-refractivity contribution in [2.75, 3.05) is 38.7 Å². The zero-order valence-corrected chi connectivity index (χ0v) is 12.7. The number of rotatable bonds is 5. The summed E-state index contributed by atoms with van der Waals surface area (Å²) < 4.78 is 15.5. The molecule has 0 radical (unpaired) electrons. The summed E-state index contributed by atoms with van der Waals surface area (Å²) in [5.41, 5.74) is 1.04. The fraction of sp³-hybridized carbons (Fsp3) is 0.467. The van der Waals surface area contributed by atoms with Crippen molar-refractivity contribution < 1.29 is 23.8 Å². The van der Waals surface area contributed by atoms with Crippen molar-refractivity contribution in [3.63, 3.8) is 0 Å². The van der Waals surface area contributed by atoms with Gasteiger partial charge in [0.2, 0.25) is 0 Å². The molecule has 7 heteroatoms. The molecule has 0 bridgehead atoms. The lowest BCUT2D eigenvalue weighted by atomic mass is 10.2. The highest BCUT2D eigenvalue weighted by Gasteiger charge is 2.20. The number of urea groups is 1. The lowest BCUT2D eigenvalue weighted by Crippen LogP contribution is -2.37. The van der Waals surface area contributed by atoms with Crippen LogP contribution in [0, 0.1) is 0 Å². The second-order valence-corrected chi connectivity index (χ2v) is 4.78. The van der Waals surface area contributed by atoms with Crippen molar-refractivity contribution in [3.05, 3.63) is 29.8 Å². The molecule has 7 nitrogen and oxygen atoms in total. The number of benzene rings is 1. The van der Waals surface area contributed by atoms with Crippen LogP contribution in [0.1, 0.15) is 17.3 Å². The van der Waals surface area contributed by atoms with E-state index >= 15 is 0 Å². The summed E-state index contributed by atoms with van der Waals surface area (Å²) in [6.07, 6.45) is -0.373. The van der Waals surface area contributed by atoms with Gasteiger partial charge in [-0.3, -0.25) is 0 Å². The van der Waals surface area contributed by atoms with Crippen LogP contribution < -0.4 is 5.32 Å². The largest absolute Gasteiger partial charge is 0.462 e. The van der Waals surface area contributed by atoms with E-state index in [9.17, 15) is 9.59 Å². The van der Waals surface area contributed by atoms with Crippen molar-refractivity contribution >= 4 is 17.7 Å². The second kappa shape index (κ2) is 7.77. The molecule has 1 N–H and O–H groups in total. The number of carbonyl (C=O) groups excluding carboxylic acids is 2. The van der Waals surface area contributed by atoms with Gasteiger partial charge in [-0.05, 0) is 31.2 Å². The maximum atomic E-state index is 12.0. The van der Waals surface area contributed by atoms with E-state index in [-0.39, 0.29) is 18.3 Å². The van der Waals surface area contributed by atoms with Gasteiger partial charge in [-0.2, -0.15) is 0 Å². The van der Waals surface area contributed by atoms with Gasteiger partial charge < -0.3 is 24.4 Å². The summed E-state index contributed by atoms with van der Waals surface area (Å²) in [5.74, 6) is -0.381. The molecule has 0 saturated carbocycles. The summed E-state index contributed by atoms with van der Waals surface area (Å²) in [4.78, 5) is 25.0. The maximum absolute atomic E-state index is 12.0. The summed E-state index contributed by atoms with van der Waals surface area (Å²) in [5, 5.41) is 2.74. The molecule has 22 heavy (non-hydrogen) atoms. The number of carbonyl (C=O) groups is 2. The molecule has 1 aromatic rings. The Hall–Kier alpha value is -2.12. The van der Waals surface area contributed by atoms with Gasteiger partial charge in [0.25, 0.3) is 0 Å². The SMILES string of the molecule is CCOC(=O)c1ccc(NC(=O)N(C)CC2OCCO2)cc1. The molecule has 120 valence electrons. The van der Waals surface area contributed by atoms with Crippen LogP contribution in [0.4, 0.5) is 10.5 Å². The first-order valence-electron chi connectivity index (χ1n) is 7.12.